The monoisotopic (exact) mass is 575 g/mol. The van der Waals surface area contributed by atoms with Crippen molar-refractivity contribution < 1.29 is 48.7 Å². The van der Waals surface area contributed by atoms with Gasteiger partial charge in [-0.15, -0.1) is 0 Å². The molecule has 0 saturated heterocycles. The molecule has 0 unspecified atom stereocenters. The van der Waals surface area contributed by atoms with E-state index in [4.69, 9.17) is 11.6 Å². The van der Waals surface area contributed by atoms with Gasteiger partial charge in [0.2, 0.25) is 0 Å². The molecule has 5 nitrogen and oxygen atoms in total. The number of hydrogen-bond acceptors (Lipinski definition) is 4. The molecule has 0 fully saturated rings. The van der Waals surface area contributed by atoms with Crippen molar-refractivity contribution in [1.29, 1.82) is 0 Å². The van der Waals surface area contributed by atoms with Gasteiger partial charge < -0.3 is 5.32 Å². The minimum atomic E-state index is -6.29. The van der Waals surface area contributed by atoms with Crippen LogP contribution in [-0.4, -0.2) is 50.5 Å². The Balaban J connectivity index is 2.40. The summed E-state index contributed by atoms with van der Waals surface area (Å²) in [7, 11) is -3.45. The van der Waals surface area contributed by atoms with Crippen molar-refractivity contribution in [3.8, 4) is 0 Å². The second kappa shape index (κ2) is 10.6. The zero-order chi connectivity index (χ0) is 28.6. The highest BCUT2D eigenvalue weighted by Gasteiger charge is 2.73. The lowest BCUT2D eigenvalue weighted by molar-refractivity contribution is -0.348. The lowest BCUT2D eigenvalue weighted by atomic mass is 9.89. The number of carbonyl (C=O) groups is 2. The van der Waals surface area contributed by atoms with E-state index >= 15 is 0 Å². The van der Waals surface area contributed by atoms with Crippen LogP contribution < -0.4 is 5.32 Å². The van der Waals surface area contributed by atoms with Gasteiger partial charge in [-0.05, 0) is 31.0 Å². The Morgan fingerprint density at radius 2 is 1.57 bits per heavy atom. The maximum absolute atomic E-state index is 14.4. The van der Waals surface area contributed by atoms with Crippen LogP contribution in [-0.2, 0) is 21.9 Å². The summed E-state index contributed by atoms with van der Waals surface area (Å²) in [6.45, 7) is 2.52. The van der Waals surface area contributed by atoms with Gasteiger partial charge in [0.25, 0.3) is 5.91 Å². The molecule has 0 heterocycles. The van der Waals surface area contributed by atoms with Gasteiger partial charge in [0.15, 0.2) is 5.78 Å². The third kappa shape index (κ3) is 6.81. The Labute approximate surface area is 212 Å². The first-order valence-electron chi connectivity index (χ1n) is 10.4. The summed E-state index contributed by atoms with van der Waals surface area (Å²) < 4.78 is 116. The summed E-state index contributed by atoms with van der Waals surface area (Å²) in [5.41, 5.74) is -8.06. The van der Waals surface area contributed by atoms with E-state index in [-0.39, 0.29) is 27.3 Å². The molecule has 0 radical (unpaired) electrons. The summed E-state index contributed by atoms with van der Waals surface area (Å²) in [4.78, 5) is 25.7. The maximum Gasteiger partial charge on any atom is 0.435 e. The fraction of sp³-hybridized carbons (Fsp3) is 0.391. The Morgan fingerprint density at radius 3 is 2.05 bits per heavy atom. The number of rotatable bonds is 8. The van der Waals surface area contributed by atoms with Crippen molar-refractivity contribution in [2.45, 2.75) is 44.3 Å². The molecule has 14 heteroatoms. The SMILES string of the molecule is Cc1cc(C(F)(C(F)(F)F)C(F)(F)F)ccc1CC(=O)c1cccc(Cl)c1C(=O)N[C@@H](C)CS(C)(=O)=O. The summed E-state index contributed by atoms with van der Waals surface area (Å²) in [5, 5.41) is 2.25. The molecular weight excluding hydrogens is 555 g/mol. The number of amides is 1. The van der Waals surface area contributed by atoms with E-state index in [9.17, 15) is 48.7 Å². The number of Topliss-reactive ketones (excluding diaryl/α,β-unsaturated/α-hetero) is 1. The molecule has 0 aromatic heterocycles. The molecule has 0 aliphatic carbocycles. The Bertz CT molecular complexity index is 1290. The van der Waals surface area contributed by atoms with Crippen molar-refractivity contribution in [3.05, 3.63) is 69.2 Å². The van der Waals surface area contributed by atoms with Crippen LogP contribution in [0.15, 0.2) is 36.4 Å². The number of ketones is 1. The standard InChI is InChI=1S/C23H21ClF7NO4S/c1-12-9-15(21(25,22(26,27)28)23(29,30)31)8-7-14(12)10-18(33)16-5-4-6-17(24)19(16)20(34)32-13(2)11-37(3,35)36/h4-9,13H,10-11H2,1-3H3,(H,32,34)/t13-/m0/s1. The van der Waals surface area contributed by atoms with Crippen LogP contribution in [0.1, 0.15) is 44.3 Å². The van der Waals surface area contributed by atoms with Crippen molar-refractivity contribution in [1.82, 2.24) is 5.32 Å². The highest BCUT2D eigenvalue weighted by molar-refractivity contribution is 7.90. The largest absolute Gasteiger partial charge is 0.435 e. The molecule has 2 rings (SSSR count). The van der Waals surface area contributed by atoms with Crippen LogP contribution in [0.4, 0.5) is 30.7 Å². The van der Waals surface area contributed by atoms with Crippen molar-refractivity contribution in [3.63, 3.8) is 0 Å². The van der Waals surface area contributed by atoms with Crippen LogP contribution in [0.5, 0.6) is 0 Å². The van der Waals surface area contributed by atoms with Crippen molar-refractivity contribution in [2.75, 3.05) is 12.0 Å². The van der Waals surface area contributed by atoms with Crippen molar-refractivity contribution >= 4 is 33.1 Å². The lowest BCUT2D eigenvalue weighted by Crippen LogP contribution is -2.50. The number of sulfone groups is 1. The first-order valence-corrected chi connectivity index (χ1v) is 12.9. The molecule has 204 valence electrons. The average molecular weight is 576 g/mol. The Kier molecular flexibility index (Phi) is 8.75. The fourth-order valence-electron chi connectivity index (χ4n) is 3.64. The molecule has 0 aliphatic heterocycles. The van der Waals surface area contributed by atoms with E-state index in [0.717, 1.165) is 19.2 Å². The fourth-order valence-corrected chi connectivity index (χ4v) is 4.90. The van der Waals surface area contributed by atoms with Crippen LogP contribution in [0.25, 0.3) is 0 Å². The molecule has 37 heavy (non-hydrogen) atoms. The van der Waals surface area contributed by atoms with Crippen LogP contribution >= 0.6 is 11.6 Å². The van der Waals surface area contributed by atoms with Gasteiger partial charge in [-0.25, -0.2) is 12.8 Å². The summed E-state index contributed by atoms with van der Waals surface area (Å²) in [6, 6.07) is 4.45. The van der Waals surface area contributed by atoms with Crippen LogP contribution in [0, 0.1) is 6.92 Å². The van der Waals surface area contributed by atoms with Crippen LogP contribution in [0.3, 0.4) is 0 Å². The third-order valence-corrected chi connectivity index (χ3v) is 6.76. The topological polar surface area (TPSA) is 80.3 Å². The van der Waals surface area contributed by atoms with Crippen molar-refractivity contribution in [2.24, 2.45) is 0 Å². The maximum atomic E-state index is 14.4. The summed E-state index contributed by atoms with van der Waals surface area (Å²) in [6.07, 6.45) is -12.2. The van der Waals surface area contributed by atoms with Gasteiger partial charge in [0, 0.05) is 29.8 Å². The number of halogens is 8. The molecular formula is C23H21ClF7NO4S. The van der Waals surface area contributed by atoms with Gasteiger partial charge in [-0.2, -0.15) is 26.3 Å². The smallest absolute Gasteiger partial charge is 0.348 e. The lowest BCUT2D eigenvalue weighted by Gasteiger charge is -2.30. The number of hydrogen-bond donors (Lipinski definition) is 1. The van der Waals surface area contributed by atoms with Gasteiger partial charge in [0.05, 0.1) is 16.3 Å². The number of benzene rings is 2. The summed E-state index contributed by atoms with van der Waals surface area (Å²) in [5.74, 6) is -2.03. The van der Waals surface area contributed by atoms with E-state index in [2.05, 4.69) is 5.32 Å². The molecule has 2 aromatic carbocycles. The second-order valence-corrected chi connectivity index (χ2v) is 11.1. The van der Waals surface area contributed by atoms with E-state index < -0.39 is 63.3 Å². The minimum Gasteiger partial charge on any atom is -0.348 e. The molecule has 1 atom stereocenters. The van der Waals surface area contributed by atoms with Gasteiger partial charge in [-0.3, -0.25) is 9.59 Å². The van der Waals surface area contributed by atoms with E-state index in [1.54, 1.807) is 0 Å². The predicted octanol–water partition coefficient (Wildman–Crippen LogP) is 5.53. The second-order valence-electron chi connectivity index (χ2n) is 8.52. The molecule has 2 aromatic rings. The van der Waals surface area contributed by atoms with E-state index in [1.165, 1.54) is 25.1 Å². The number of carbonyl (C=O) groups excluding carboxylic acids is 2. The van der Waals surface area contributed by atoms with Crippen LogP contribution in [0.2, 0.25) is 5.02 Å². The number of alkyl halides is 7. The molecule has 1 amide bonds. The first-order chi connectivity index (χ1) is 16.7. The minimum absolute atomic E-state index is 0.0165. The van der Waals surface area contributed by atoms with Gasteiger partial charge >= 0.3 is 18.0 Å². The predicted molar refractivity (Wildman–Crippen MR) is 122 cm³/mol. The zero-order valence-corrected chi connectivity index (χ0v) is 21.1. The summed E-state index contributed by atoms with van der Waals surface area (Å²) >= 11 is 6.09. The van der Waals surface area contributed by atoms with E-state index in [1.807, 2.05) is 0 Å². The zero-order valence-electron chi connectivity index (χ0n) is 19.5. The molecule has 0 bridgehead atoms. The highest BCUT2D eigenvalue weighted by atomic mass is 35.5. The quantitative estimate of drug-likeness (QED) is 0.332. The molecule has 1 N–H and O–H groups in total. The van der Waals surface area contributed by atoms with Gasteiger partial charge in [-0.1, -0.05) is 41.9 Å². The Morgan fingerprint density at radius 1 is 1.00 bits per heavy atom. The number of aryl methyl sites for hydroxylation is 1. The van der Waals surface area contributed by atoms with E-state index in [0.29, 0.717) is 12.1 Å². The normalized spacial score (nSPS) is 13.8. The first kappa shape index (κ1) is 30.6. The number of nitrogens with one attached hydrogen (secondary N) is 1. The van der Waals surface area contributed by atoms with Gasteiger partial charge in [0.1, 0.15) is 9.84 Å². The highest BCUT2D eigenvalue weighted by Crippen LogP contribution is 2.53. The molecule has 0 spiro atoms. The molecule has 0 aliphatic rings. The average Bonchev–Trinajstić information content (AvgIpc) is 2.71. The molecule has 0 saturated carbocycles. The third-order valence-electron chi connectivity index (χ3n) is 5.34. The Hall–Kier alpha value is -2.67.